The van der Waals surface area contributed by atoms with Gasteiger partial charge >= 0.3 is 5.97 Å². The second kappa shape index (κ2) is 6.39. The number of halogens is 1. The Morgan fingerprint density at radius 2 is 2.00 bits per heavy atom. The number of hydrogen-bond donors (Lipinski definition) is 0. The summed E-state index contributed by atoms with van der Waals surface area (Å²) in [6.07, 6.45) is 0. The highest BCUT2D eigenvalue weighted by Crippen LogP contribution is 2.25. The summed E-state index contributed by atoms with van der Waals surface area (Å²) in [5.41, 5.74) is 0.467. The number of esters is 1. The minimum Gasteiger partial charge on any atom is -0.496 e. The van der Waals surface area contributed by atoms with Crippen LogP contribution in [-0.4, -0.2) is 44.6 Å². The van der Waals surface area contributed by atoms with Crippen LogP contribution in [0.15, 0.2) is 22.7 Å². The van der Waals surface area contributed by atoms with Crippen molar-refractivity contribution in [2.45, 2.75) is 0 Å². The van der Waals surface area contributed by atoms with Gasteiger partial charge in [0.05, 0.1) is 18.7 Å². The lowest BCUT2D eigenvalue weighted by Crippen LogP contribution is -2.32. The number of rotatable bonds is 4. The molecular formula is C12H14BrNO4. The van der Waals surface area contributed by atoms with Crippen molar-refractivity contribution in [2.75, 3.05) is 27.8 Å². The molecule has 0 heterocycles. The van der Waals surface area contributed by atoms with E-state index in [0.29, 0.717) is 15.8 Å². The second-order valence-corrected chi connectivity index (χ2v) is 4.44. The fourth-order valence-electron chi connectivity index (χ4n) is 1.35. The first kappa shape index (κ1) is 14.5. The van der Waals surface area contributed by atoms with Crippen LogP contribution in [0.1, 0.15) is 10.4 Å². The van der Waals surface area contributed by atoms with Gasteiger partial charge in [0, 0.05) is 12.6 Å². The van der Waals surface area contributed by atoms with E-state index in [1.165, 1.54) is 19.1 Å². The molecule has 1 aromatic carbocycles. The number of likely N-dealkylation sites (N-methyl/N-ethyl adjacent to an activating group) is 1. The van der Waals surface area contributed by atoms with Crippen molar-refractivity contribution in [1.82, 2.24) is 4.90 Å². The van der Waals surface area contributed by atoms with Gasteiger partial charge in [-0.25, -0.2) is 0 Å². The fraction of sp³-hybridized carbons (Fsp3) is 0.333. The van der Waals surface area contributed by atoms with Gasteiger partial charge in [0.25, 0.3) is 5.91 Å². The molecule has 0 aliphatic carbocycles. The van der Waals surface area contributed by atoms with Crippen LogP contribution in [0.4, 0.5) is 0 Å². The van der Waals surface area contributed by atoms with Gasteiger partial charge < -0.3 is 14.4 Å². The summed E-state index contributed by atoms with van der Waals surface area (Å²) in [6.45, 7) is -0.0843. The number of benzene rings is 1. The Balaban J connectivity index is 2.84. The molecule has 6 heteroatoms. The predicted octanol–water partition coefficient (Wildman–Crippen LogP) is 1.70. The minimum atomic E-state index is -0.460. The second-order valence-electron chi connectivity index (χ2n) is 3.59. The quantitative estimate of drug-likeness (QED) is 0.794. The molecule has 0 radical (unpaired) electrons. The molecule has 0 fully saturated rings. The molecule has 0 aliphatic heterocycles. The van der Waals surface area contributed by atoms with E-state index < -0.39 is 5.97 Å². The van der Waals surface area contributed by atoms with Crippen molar-refractivity contribution in [2.24, 2.45) is 0 Å². The Hall–Kier alpha value is -1.56. The summed E-state index contributed by atoms with van der Waals surface area (Å²) < 4.78 is 10.3. The maximum absolute atomic E-state index is 12.0. The van der Waals surface area contributed by atoms with Crippen LogP contribution >= 0.6 is 15.9 Å². The first-order valence-corrected chi connectivity index (χ1v) is 5.94. The normalized spacial score (nSPS) is 9.78. The van der Waals surface area contributed by atoms with Crippen LogP contribution in [-0.2, 0) is 9.53 Å². The molecule has 1 rings (SSSR count). The topological polar surface area (TPSA) is 55.8 Å². The van der Waals surface area contributed by atoms with Crippen molar-refractivity contribution in [3.63, 3.8) is 0 Å². The van der Waals surface area contributed by atoms with E-state index in [1.54, 1.807) is 25.3 Å². The molecule has 0 bridgehead atoms. The van der Waals surface area contributed by atoms with Crippen molar-refractivity contribution in [3.8, 4) is 5.75 Å². The molecule has 0 saturated carbocycles. The molecule has 0 aliphatic rings. The van der Waals surface area contributed by atoms with E-state index in [4.69, 9.17) is 4.74 Å². The molecular weight excluding hydrogens is 302 g/mol. The Labute approximate surface area is 114 Å². The highest BCUT2D eigenvalue weighted by Gasteiger charge is 2.16. The molecule has 0 spiro atoms. The number of nitrogens with zero attached hydrogens (tertiary/aromatic N) is 1. The lowest BCUT2D eigenvalue weighted by atomic mass is 10.2. The number of methoxy groups -OCH3 is 2. The smallest absolute Gasteiger partial charge is 0.325 e. The Bertz CT molecular complexity index is 461. The van der Waals surface area contributed by atoms with Gasteiger partial charge in [0.2, 0.25) is 0 Å². The van der Waals surface area contributed by atoms with Crippen LogP contribution in [0.25, 0.3) is 0 Å². The molecule has 5 nitrogen and oxygen atoms in total. The van der Waals surface area contributed by atoms with E-state index in [2.05, 4.69) is 20.7 Å². The summed E-state index contributed by atoms with van der Waals surface area (Å²) in [6, 6.07) is 4.97. The number of hydrogen-bond acceptors (Lipinski definition) is 4. The summed E-state index contributed by atoms with van der Waals surface area (Å²) in [5, 5.41) is 0. The average Bonchev–Trinajstić information content (AvgIpc) is 2.37. The van der Waals surface area contributed by atoms with E-state index in [-0.39, 0.29) is 12.5 Å². The summed E-state index contributed by atoms with van der Waals surface area (Å²) in [4.78, 5) is 24.4. The molecule has 18 heavy (non-hydrogen) atoms. The molecule has 98 valence electrons. The SMILES string of the molecule is COC(=O)CN(C)C(=O)c1ccc(OC)c(Br)c1. The summed E-state index contributed by atoms with van der Waals surface area (Å²) in [5.74, 6) is -0.0793. The Morgan fingerprint density at radius 1 is 1.33 bits per heavy atom. The number of ether oxygens (including phenoxy) is 2. The van der Waals surface area contributed by atoms with Crippen LogP contribution in [0.3, 0.4) is 0 Å². The van der Waals surface area contributed by atoms with Gasteiger partial charge in [-0.15, -0.1) is 0 Å². The van der Waals surface area contributed by atoms with Crippen LogP contribution in [0, 0.1) is 0 Å². The first-order chi connectivity index (χ1) is 8.49. The summed E-state index contributed by atoms with van der Waals surface area (Å²) >= 11 is 3.30. The zero-order valence-electron chi connectivity index (χ0n) is 10.4. The van der Waals surface area contributed by atoms with Crippen molar-refractivity contribution in [1.29, 1.82) is 0 Å². The molecule has 0 N–H and O–H groups in total. The highest BCUT2D eigenvalue weighted by atomic mass is 79.9. The van der Waals surface area contributed by atoms with Crippen LogP contribution in [0.5, 0.6) is 5.75 Å². The monoisotopic (exact) mass is 315 g/mol. The molecule has 1 aromatic rings. The number of carbonyl (C=O) groups is 2. The number of carbonyl (C=O) groups excluding carboxylic acids is 2. The van der Waals surface area contributed by atoms with E-state index in [9.17, 15) is 9.59 Å². The predicted molar refractivity (Wildman–Crippen MR) is 69.7 cm³/mol. The largest absolute Gasteiger partial charge is 0.496 e. The van der Waals surface area contributed by atoms with E-state index >= 15 is 0 Å². The lowest BCUT2D eigenvalue weighted by molar-refractivity contribution is -0.141. The molecule has 0 unspecified atom stereocenters. The average molecular weight is 316 g/mol. The van der Waals surface area contributed by atoms with Crippen molar-refractivity contribution >= 4 is 27.8 Å². The molecule has 0 atom stereocenters. The van der Waals surface area contributed by atoms with Crippen LogP contribution < -0.4 is 4.74 Å². The third-order valence-corrected chi connectivity index (χ3v) is 2.96. The van der Waals surface area contributed by atoms with E-state index in [1.807, 2.05) is 0 Å². The maximum Gasteiger partial charge on any atom is 0.325 e. The van der Waals surface area contributed by atoms with Gasteiger partial charge in [-0.05, 0) is 34.1 Å². The Kier molecular flexibility index (Phi) is 5.15. The zero-order valence-corrected chi connectivity index (χ0v) is 12.0. The summed E-state index contributed by atoms with van der Waals surface area (Å²) in [7, 11) is 4.37. The number of amides is 1. The van der Waals surface area contributed by atoms with Gasteiger partial charge in [-0.1, -0.05) is 0 Å². The standard InChI is InChI=1S/C12H14BrNO4/c1-14(7-11(15)18-3)12(16)8-4-5-10(17-2)9(13)6-8/h4-6H,7H2,1-3H3. The Morgan fingerprint density at radius 3 is 2.50 bits per heavy atom. The van der Waals surface area contributed by atoms with Gasteiger partial charge in [0.1, 0.15) is 12.3 Å². The highest BCUT2D eigenvalue weighted by molar-refractivity contribution is 9.10. The molecule has 1 amide bonds. The zero-order chi connectivity index (χ0) is 13.7. The van der Waals surface area contributed by atoms with Crippen molar-refractivity contribution < 1.29 is 19.1 Å². The minimum absolute atomic E-state index is 0.0843. The fourth-order valence-corrected chi connectivity index (χ4v) is 1.89. The third kappa shape index (κ3) is 3.46. The molecule has 0 saturated heterocycles. The van der Waals surface area contributed by atoms with Gasteiger partial charge in [-0.3, -0.25) is 9.59 Å². The molecule has 0 aromatic heterocycles. The van der Waals surface area contributed by atoms with Gasteiger partial charge in [0.15, 0.2) is 0 Å². The third-order valence-electron chi connectivity index (χ3n) is 2.34. The van der Waals surface area contributed by atoms with E-state index in [0.717, 1.165) is 0 Å². The lowest BCUT2D eigenvalue weighted by Gasteiger charge is -2.16. The van der Waals surface area contributed by atoms with Crippen LogP contribution in [0.2, 0.25) is 0 Å². The van der Waals surface area contributed by atoms with Gasteiger partial charge in [-0.2, -0.15) is 0 Å². The first-order valence-electron chi connectivity index (χ1n) is 5.15. The van der Waals surface area contributed by atoms with Crippen molar-refractivity contribution in [3.05, 3.63) is 28.2 Å². The maximum atomic E-state index is 12.0.